The Labute approximate surface area is 131 Å². The minimum atomic E-state index is -0.357. The molecule has 0 fully saturated rings. The van der Waals surface area contributed by atoms with Crippen molar-refractivity contribution >= 4 is 28.4 Å². The van der Waals surface area contributed by atoms with Crippen molar-refractivity contribution in [1.29, 1.82) is 0 Å². The van der Waals surface area contributed by atoms with Gasteiger partial charge in [-0.05, 0) is 30.9 Å². The van der Waals surface area contributed by atoms with E-state index in [4.69, 9.17) is 9.26 Å². The van der Waals surface area contributed by atoms with Crippen LogP contribution in [0.4, 0.5) is 0 Å². The summed E-state index contributed by atoms with van der Waals surface area (Å²) in [6.45, 7) is 4.26. The predicted molar refractivity (Wildman–Crippen MR) is 85.0 cm³/mol. The van der Waals surface area contributed by atoms with Crippen LogP contribution in [0.2, 0.25) is 0 Å². The molecule has 3 aromatic rings. The van der Waals surface area contributed by atoms with E-state index in [1.54, 1.807) is 24.3 Å². The minimum Gasteiger partial charge on any atom is -0.462 e. The third-order valence-corrected chi connectivity index (χ3v) is 4.23. The topological polar surface area (TPSA) is 65.2 Å². The maximum absolute atomic E-state index is 12.4. The van der Waals surface area contributed by atoms with Gasteiger partial charge in [-0.1, -0.05) is 24.6 Å². The van der Waals surface area contributed by atoms with E-state index < -0.39 is 0 Å². The second kappa shape index (κ2) is 6.27. The Morgan fingerprint density at radius 3 is 3.05 bits per heavy atom. The first-order chi connectivity index (χ1) is 10.7. The highest BCUT2D eigenvalue weighted by Gasteiger charge is 2.20. The molecule has 5 nitrogen and oxygen atoms in total. The van der Waals surface area contributed by atoms with Crippen LogP contribution >= 0.6 is 11.3 Å². The smallest absolute Gasteiger partial charge is 0.339 e. The minimum absolute atomic E-state index is 0.357. The Morgan fingerprint density at radius 2 is 2.32 bits per heavy atom. The Kier molecular flexibility index (Phi) is 4.20. The second-order valence-corrected chi connectivity index (χ2v) is 5.92. The van der Waals surface area contributed by atoms with Gasteiger partial charge in [0.15, 0.2) is 0 Å². The number of unbranched alkanes of at least 4 members (excludes halogenated alkanes) is 1. The highest BCUT2D eigenvalue weighted by Crippen LogP contribution is 2.29. The molecule has 0 aromatic carbocycles. The van der Waals surface area contributed by atoms with Crippen LogP contribution in [0.1, 0.15) is 35.8 Å². The van der Waals surface area contributed by atoms with Gasteiger partial charge in [-0.15, -0.1) is 11.3 Å². The van der Waals surface area contributed by atoms with Crippen molar-refractivity contribution in [2.75, 3.05) is 6.61 Å². The van der Waals surface area contributed by atoms with E-state index in [-0.39, 0.29) is 5.97 Å². The molecule has 0 N–H and O–H groups in total. The van der Waals surface area contributed by atoms with Crippen LogP contribution in [-0.4, -0.2) is 22.7 Å². The molecule has 0 aliphatic heterocycles. The molecule has 3 heterocycles. The summed E-state index contributed by atoms with van der Waals surface area (Å²) in [5.41, 5.74) is 2.16. The van der Waals surface area contributed by atoms with Crippen molar-refractivity contribution in [3.8, 4) is 10.6 Å². The summed E-state index contributed by atoms with van der Waals surface area (Å²) in [6, 6.07) is 5.65. The van der Waals surface area contributed by atoms with Gasteiger partial charge in [0.25, 0.3) is 5.71 Å². The lowest BCUT2D eigenvalue weighted by atomic mass is 10.1. The normalized spacial score (nSPS) is 11.0. The SMILES string of the molecule is CCCCOC(=O)c1cc(-c2cccs2)nc2onc(C)c12. The monoisotopic (exact) mass is 316 g/mol. The number of rotatable bonds is 5. The number of carbonyl (C=O) groups excluding carboxylic acids is 1. The molecule has 0 unspecified atom stereocenters. The number of carbonyl (C=O) groups is 1. The van der Waals surface area contributed by atoms with Gasteiger partial charge in [-0.25, -0.2) is 9.78 Å². The van der Waals surface area contributed by atoms with Crippen LogP contribution in [0, 0.1) is 6.92 Å². The molecule has 0 atom stereocenters. The maximum Gasteiger partial charge on any atom is 0.339 e. The van der Waals surface area contributed by atoms with Gasteiger partial charge in [0.2, 0.25) is 0 Å². The molecule has 3 rings (SSSR count). The largest absolute Gasteiger partial charge is 0.462 e. The summed E-state index contributed by atoms with van der Waals surface area (Å²) in [7, 11) is 0. The highest BCUT2D eigenvalue weighted by atomic mass is 32.1. The Balaban J connectivity index is 2.06. The van der Waals surface area contributed by atoms with Crippen LogP contribution < -0.4 is 0 Å². The van der Waals surface area contributed by atoms with Crippen LogP contribution in [0.15, 0.2) is 28.1 Å². The molecule has 6 heteroatoms. The van der Waals surface area contributed by atoms with Gasteiger partial charge in [0.1, 0.15) is 0 Å². The number of fused-ring (bicyclic) bond motifs is 1. The van der Waals surface area contributed by atoms with E-state index in [2.05, 4.69) is 17.1 Å². The quantitative estimate of drug-likeness (QED) is 0.521. The zero-order valence-electron chi connectivity index (χ0n) is 12.5. The van der Waals surface area contributed by atoms with E-state index in [1.165, 1.54) is 0 Å². The highest BCUT2D eigenvalue weighted by molar-refractivity contribution is 7.13. The lowest BCUT2D eigenvalue weighted by Crippen LogP contribution is -2.08. The fraction of sp³-hybridized carbons (Fsp3) is 0.312. The maximum atomic E-state index is 12.4. The Bertz CT molecular complexity index is 793. The number of aromatic nitrogens is 2. The molecule has 0 spiro atoms. The molecule has 0 saturated heterocycles. The molecule has 0 aliphatic carbocycles. The standard InChI is InChI=1S/C16H16N2O3S/c1-3-4-7-20-16(19)11-9-12(13-6-5-8-22-13)17-15-14(11)10(2)18-21-15/h5-6,8-9H,3-4,7H2,1-2H3. The number of hydrogen-bond acceptors (Lipinski definition) is 6. The fourth-order valence-electron chi connectivity index (χ4n) is 2.19. The summed E-state index contributed by atoms with van der Waals surface area (Å²) in [6.07, 6.45) is 1.83. The molecule has 0 aliphatic rings. The average Bonchev–Trinajstić information content (AvgIpc) is 3.17. The van der Waals surface area contributed by atoms with Crippen LogP contribution in [0.5, 0.6) is 0 Å². The van der Waals surface area contributed by atoms with Crippen molar-refractivity contribution in [1.82, 2.24) is 10.1 Å². The Hall–Kier alpha value is -2.21. The van der Waals surface area contributed by atoms with Gasteiger partial charge in [-0.3, -0.25) is 0 Å². The zero-order chi connectivity index (χ0) is 15.5. The first kappa shape index (κ1) is 14.7. The molecule has 3 aromatic heterocycles. The van der Waals surface area contributed by atoms with E-state index in [9.17, 15) is 4.79 Å². The molecule has 0 radical (unpaired) electrons. The number of pyridine rings is 1. The molecule has 0 amide bonds. The number of aryl methyl sites for hydroxylation is 1. The third-order valence-electron chi connectivity index (χ3n) is 3.34. The van der Waals surface area contributed by atoms with Crippen molar-refractivity contribution < 1.29 is 14.1 Å². The molecule has 114 valence electrons. The lowest BCUT2D eigenvalue weighted by Gasteiger charge is -2.06. The van der Waals surface area contributed by atoms with Crippen LogP contribution in [0.25, 0.3) is 21.7 Å². The first-order valence-corrected chi connectivity index (χ1v) is 8.06. The summed E-state index contributed by atoms with van der Waals surface area (Å²) < 4.78 is 10.6. The Morgan fingerprint density at radius 1 is 1.45 bits per heavy atom. The van der Waals surface area contributed by atoms with Crippen molar-refractivity contribution in [2.24, 2.45) is 0 Å². The third kappa shape index (κ3) is 2.74. The van der Waals surface area contributed by atoms with Gasteiger partial charge in [0, 0.05) is 0 Å². The number of hydrogen-bond donors (Lipinski definition) is 0. The summed E-state index contributed by atoms with van der Waals surface area (Å²) in [4.78, 5) is 17.8. The molecule has 0 saturated carbocycles. The van der Waals surface area contributed by atoms with Gasteiger partial charge < -0.3 is 9.26 Å². The number of nitrogens with zero attached hydrogens (tertiary/aromatic N) is 2. The van der Waals surface area contributed by atoms with E-state index >= 15 is 0 Å². The second-order valence-electron chi connectivity index (χ2n) is 4.97. The van der Waals surface area contributed by atoms with Crippen LogP contribution in [0.3, 0.4) is 0 Å². The van der Waals surface area contributed by atoms with Gasteiger partial charge in [-0.2, -0.15) is 0 Å². The van der Waals surface area contributed by atoms with Crippen molar-refractivity contribution in [2.45, 2.75) is 26.7 Å². The van der Waals surface area contributed by atoms with Crippen LogP contribution in [-0.2, 0) is 4.74 Å². The van der Waals surface area contributed by atoms with E-state index in [1.807, 2.05) is 17.5 Å². The molecular formula is C16H16N2O3S. The number of thiophene rings is 1. The summed E-state index contributed by atoms with van der Waals surface area (Å²) in [5.74, 6) is -0.357. The fourth-order valence-corrected chi connectivity index (χ4v) is 2.88. The number of ether oxygens (including phenoxy) is 1. The van der Waals surface area contributed by atoms with Gasteiger partial charge in [0.05, 0.1) is 33.8 Å². The lowest BCUT2D eigenvalue weighted by molar-refractivity contribution is 0.0502. The first-order valence-electron chi connectivity index (χ1n) is 7.18. The molecular weight excluding hydrogens is 300 g/mol. The van der Waals surface area contributed by atoms with Crippen molar-refractivity contribution in [3.05, 3.63) is 34.8 Å². The van der Waals surface area contributed by atoms with Crippen molar-refractivity contribution in [3.63, 3.8) is 0 Å². The summed E-state index contributed by atoms with van der Waals surface area (Å²) in [5, 5.41) is 6.51. The van der Waals surface area contributed by atoms with E-state index in [0.29, 0.717) is 34.7 Å². The van der Waals surface area contributed by atoms with E-state index in [0.717, 1.165) is 17.7 Å². The average molecular weight is 316 g/mol. The molecule has 22 heavy (non-hydrogen) atoms. The van der Waals surface area contributed by atoms with Gasteiger partial charge >= 0.3 is 5.97 Å². The zero-order valence-corrected chi connectivity index (χ0v) is 13.3. The number of esters is 1. The summed E-state index contributed by atoms with van der Waals surface area (Å²) >= 11 is 1.56. The molecule has 0 bridgehead atoms. The predicted octanol–water partition coefficient (Wildman–Crippen LogP) is 4.22.